The van der Waals surface area contributed by atoms with Crippen molar-refractivity contribution in [3.05, 3.63) is 46.2 Å². The van der Waals surface area contributed by atoms with E-state index < -0.39 is 0 Å². The molecule has 1 amide bonds. The van der Waals surface area contributed by atoms with Crippen molar-refractivity contribution in [2.75, 3.05) is 26.8 Å². The van der Waals surface area contributed by atoms with Crippen molar-refractivity contribution in [1.29, 1.82) is 0 Å². The van der Waals surface area contributed by atoms with E-state index in [9.17, 15) is 9.59 Å². The van der Waals surface area contributed by atoms with Gasteiger partial charge in [-0.3, -0.25) is 14.5 Å². The summed E-state index contributed by atoms with van der Waals surface area (Å²) in [7, 11) is 1.78. The van der Waals surface area contributed by atoms with Gasteiger partial charge in [-0.15, -0.1) is 0 Å². The summed E-state index contributed by atoms with van der Waals surface area (Å²) >= 11 is 0. The van der Waals surface area contributed by atoms with Crippen LogP contribution in [0.2, 0.25) is 0 Å². The fraction of sp³-hybridized carbons (Fsp3) is 0.412. The smallest absolute Gasteiger partial charge is 0.271 e. The normalized spacial score (nSPS) is 15.9. The molecule has 2 heterocycles. The second-order valence-electron chi connectivity index (χ2n) is 5.92. The number of rotatable bonds is 3. The first-order chi connectivity index (χ1) is 10.6. The molecule has 0 saturated carbocycles. The molecular weight excluding hydrogens is 278 g/mol. The summed E-state index contributed by atoms with van der Waals surface area (Å²) < 4.78 is 0. The van der Waals surface area contributed by atoms with E-state index in [1.807, 2.05) is 18.2 Å². The molecule has 1 aliphatic heterocycles. The number of carbonyl (C=O) groups excluding carboxylic acids is 1. The van der Waals surface area contributed by atoms with Gasteiger partial charge in [0.2, 0.25) is 0 Å². The Labute approximate surface area is 129 Å². The third-order valence-corrected chi connectivity index (χ3v) is 4.18. The van der Waals surface area contributed by atoms with Gasteiger partial charge in [-0.25, -0.2) is 0 Å². The molecule has 0 aliphatic carbocycles. The van der Waals surface area contributed by atoms with Crippen molar-refractivity contribution in [2.24, 2.45) is 0 Å². The minimum Gasteiger partial charge on any atom is -0.350 e. The highest BCUT2D eigenvalue weighted by Gasteiger charge is 2.18. The van der Waals surface area contributed by atoms with Gasteiger partial charge in [-0.05, 0) is 38.1 Å². The lowest BCUT2D eigenvalue weighted by Gasteiger charge is -2.30. The number of para-hydroxylation sites is 1. The predicted octanol–water partition coefficient (Wildman–Crippen LogP) is 2.04. The fourth-order valence-corrected chi connectivity index (χ4v) is 2.98. The number of hydrogen-bond acceptors (Lipinski definition) is 3. The number of aromatic amines is 1. The van der Waals surface area contributed by atoms with E-state index >= 15 is 0 Å². The molecule has 1 aromatic heterocycles. The van der Waals surface area contributed by atoms with E-state index in [0.29, 0.717) is 23.3 Å². The standard InChI is InChI=1S/C17H21N3O2/c1-19(12-20-9-5-2-6-10-20)17(22)15-11-16(21)13-7-3-4-8-14(13)18-15/h3-4,7-8,11H,2,5-6,9-10,12H2,1H3,(H,18,21). The molecule has 1 saturated heterocycles. The van der Waals surface area contributed by atoms with Gasteiger partial charge in [0.25, 0.3) is 5.91 Å². The zero-order valence-corrected chi connectivity index (χ0v) is 12.8. The van der Waals surface area contributed by atoms with E-state index in [-0.39, 0.29) is 11.3 Å². The molecule has 1 aromatic carbocycles. The third-order valence-electron chi connectivity index (χ3n) is 4.18. The van der Waals surface area contributed by atoms with Crippen LogP contribution < -0.4 is 5.43 Å². The number of pyridine rings is 1. The highest BCUT2D eigenvalue weighted by Crippen LogP contribution is 2.11. The van der Waals surface area contributed by atoms with E-state index in [4.69, 9.17) is 0 Å². The lowest BCUT2D eigenvalue weighted by atomic mass is 10.1. The van der Waals surface area contributed by atoms with Crippen LogP contribution in [0.25, 0.3) is 10.9 Å². The Balaban J connectivity index is 1.80. The summed E-state index contributed by atoms with van der Waals surface area (Å²) in [5.74, 6) is -0.145. The average Bonchev–Trinajstić information content (AvgIpc) is 2.55. The Morgan fingerprint density at radius 2 is 1.95 bits per heavy atom. The molecule has 0 atom stereocenters. The Kier molecular flexibility index (Phi) is 4.24. The van der Waals surface area contributed by atoms with Crippen molar-refractivity contribution < 1.29 is 4.79 Å². The average molecular weight is 299 g/mol. The highest BCUT2D eigenvalue weighted by molar-refractivity contribution is 5.94. The number of benzene rings is 1. The van der Waals surface area contributed by atoms with Gasteiger partial charge in [0, 0.05) is 24.0 Å². The summed E-state index contributed by atoms with van der Waals surface area (Å²) in [6, 6.07) is 8.65. The molecule has 0 unspecified atom stereocenters. The van der Waals surface area contributed by atoms with Gasteiger partial charge < -0.3 is 9.88 Å². The van der Waals surface area contributed by atoms with Gasteiger partial charge in [0.1, 0.15) is 5.69 Å². The zero-order chi connectivity index (χ0) is 15.5. The fourth-order valence-electron chi connectivity index (χ4n) is 2.98. The lowest BCUT2D eigenvalue weighted by molar-refractivity contribution is 0.0653. The van der Waals surface area contributed by atoms with Gasteiger partial charge in [0.15, 0.2) is 5.43 Å². The maximum absolute atomic E-state index is 12.5. The number of nitrogens with zero attached hydrogens (tertiary/aromatic N) is 2. The van der Waals surface area contributed by atoms with Crippen LogP contribution in [0.1, 0.15) is 29.8 Å². The number of H-pyrrole nitrogens is 1. The molecule has 1 fully saturated rings. The summed E-state index contributed by atoms with van der Waals surface area (Å²) in [6.45, 7) is 2.67. The van der Waals surface area contributed by atoms with Crippen LogP contribution in [-0.2, 0) is 0 Å². The van der Waals surface area contributed by atoms with Crippen LogP contribution in [0.5, 0.6) is 0 Å². The van der Waals surface area contributed by atoms with Crippen LogP contribution in [0, 0.1) is 0 Å². The van der Waals surface area contributed by atoms with Crippen LogP contribution in [0.15, 0.2) is 35.1 Å². The number of piperidine rings is 1. The molecule has 3 rings (SSSR count). The summed E-state index contributed by atoms with van der Waals surface area (Å²) in [5.41, 5.74) is 0.928. The second kappa shape index (κ2) is 6.32. The van der Waals surface area contributed by atoms with Gasteiger partial charge >= 0.3 is 0 Å². The van der Waals surface area contributed by atoms with Gasteiger partial charge in [0.05, 0.1) is 6.67 Å². The summed E-state index contributed by atoms with van der Waals surface area (Å²) in [5, 5.41) is 0.609. The maximum atomic E-state index is 12.5. The Hall–Kier alpha value is -2.14. The molecule has 116 valence electrons. The minimum absolute atomic E-state index is 0.121. The van der Waals surface area contributed by atoms with Crippen LogP contribution in [-0.4, -0.2) is 47.5 Å². The molecule has 1 N–H and O–H groups in total. The SMILES string of the molecule is CN(CN1CCCCC1)C(=O)c1cc(=O)c2ccccc2[nH]1. The van der Waals surface area contributed by atoms with Crippen molar-refractivity contribution in [1.82, 2.24) is 14.8 Å². The molecular formula is C17H21N3O2. The number of hydrogen-bond donors (Lipinski definition) is 1. The van der Waals surface area contributed by atoms with Crippen LogP contribution >= 0.6 is 0 Å². The zero-order valence-electron chi connectivity index (χ0n) is 12.8. The highest BCUT2D eigenvalue weighted by atomic mass is 16.2. The van der Waals surface area contributed by atoms with E-state index in [0.717, 1.165) is 13.1 Å². The maximum Gasteiger partial charge on any atom is 0.271 e. The first-order valence-corrected chi connectivity index (χ1v) is 7.75. The van der Waals surface area contributed by atoms with Crippen molar-refractivity contribution in [2.45, 2.75) is 19.3 Å². The minimum atomic E-state index is -0.145. The quantitative estimate of drug-likeness (QED) is 0.943. The largest absolute Gasteiger partial charge is 0.350 e. The molecule has 5 nitrogen and oxygen atoms in total. The topological polar surface area (TPSA) is 56.4 Å². The van der Waals surface area contributed by atoms with Crippen molar-refractivity contribution in [3.8, 4) is 0 Å². The molecule has 0 radical (unpaired) electrons. The Bertz CT molecular complexity index is 732. The molecule has 0 spiro atoms. The van der Waals surface area contributed by atoms with Crippen LogP contribution in [0.3, 0.4) is 0 Å². The van der Waals surface area contributed by atoms with E-state index in [1.54, 1.807) is 18.0 Å². The van der Waals surface area contributed by atoms with Crippen molar-refractivity contribution in [3.63, 3.8) is 0 Å². The first-order valence-electron chi connectivity index (χ1n) is 7.75. The van der Waals surface area contributed by atoms with E-state index in [2.05, 4.69) is 9.88 Å². The number of aromatic nitrogens is 1. The third kappa shape index (κ3) is 3.04. The first kappa shape index (κ1) is 14.8. The summed E-state index contributed by atoms with van der Waals surface area (Å²) in [6.07, 6.45) is 3.65. The van der Waals surface area contributed by atoms with Crippen molar-refractivity contribution >= 4 is 16.8 Å². The number of fused-ring (bicyclic) bond motifs is 1. The Morgan fingerprint density at radius 1 is 1.23 bits per heavy atom. The van der Waals surface area contributed by atoms with Gasteiger partial charge in [-0.1, -0.05) is 18.6 Å². The van der Waals surface area contributed by atoms with E-state index in [1.165, 1.54) is 25.3 Å². The molecule has 22 heavy (non-hydrogen) atoms. The lowest BCUT2D eigenvalue weighted by Crippen LogP contribution is -2.41. The monoisotopic (exact) mass is 299 g/mol. The molecule has 1 aliphatic rings. The number of nitrogens with one attached hydrogen (secondary N) is 1. The van der Waals surface area contributed by atoms with Gasteiger partial charge in [-0.2, -0.15) is 0 Å². The molecule has 0 bridgehead atoms. The number of amides is 1. The number of carbonyl (C=O) groups is 1. The summed E-state index contributed by atoms with van der Waals surface area (Å²) in [4.78, 5) is 31.7. The predicted molar refractivity (Wildman–Crippen MR) is 87.0 cm³/mol. The second-order valence-corrected chi connectivity index (χ2v) is 5.92. The Morgan fingerprint density at radius 3 is 2.73 bits per heavy atom. The molecule has 5 heteroatoms. The molecule has 2 aromatic rings. The number of likely N-dealkylation sites (tertiary alicyclic amines) is 1. The van der Waals surface area contributed by atoms with Crippen LogP contribution in [0.4, 0.5) is 0 Å².